The third kappa shape index (κ3) is 5.55. The molecule has 3 aromatic rings. The highest BCUT2D eigenvalue weighted by Gasteiger charge is 2.29. The van der Waals surface area contributed by atoms with E-state index in [0.29, 0.717) is 17.5 Å². The number of aliphatic hydroxyl groups is 1. The van der Waals surface area contributed by atoms with E-state index in [4.69, 9.17) is 9.84 Å². The molecule has 3 N–H and O–H groups in total. The molecular formula is C27H35N5O5S. The number of nitrogens with one attached hydrogen (secondary N) is 2. The average molecular weight is 542 g/mol. The first-order valence-electron chi connectivity index (χ1n) is 13.3. The van der Waals surface area contributed by atoms with E-state index < -0.39 is 15.9 Å². The van der Waals surface area contributed by atoms with Gasteiger partial charge in [-0.2, -0.15) is 5.10 Å². The number of amides is 1. The summed E-state index contributed by atoms with van der Waals surface area (Å²) in [5, 5.41) is 17.5. The number of carbonyl (C=O) groups is 1. The van der Waals surface area contributed by atoms with E-state index >= 15 is 0 Å². The standard InChI is InChI=1S/C27H35N5O5S/c1-37-17-18-10-12-32(13-11-18)23-9-3-2-8-20(23)21-16-22(27(34)31-38(35,36)15-5-14-33)28-26-24(21)25(29-30-26)19-6-4-7-19/h2-3,8-9,16,18-19,33H,4-7,10-15,17H2,1H3,(H,31,34)(H,28,29,30). The van der Waals surface area contributed by atoms with Gasteiger partial charge >= 0.3 is 0 Å². The van der Waals surface area contributed by atoms with Crippen molar-refractivity contribution >= 4 is 32.7 Å². The Morgan fingerprint density at radius 1 is 1.18 bits per heavy atom. The molecule has 10 nitrogen and oxygen atoms in total. The Labute approximate surface area is 222 Å². The van der Waals surface area contributed by atoms with Gasteiger partial charge in [0.25, 0.3) is 5.91 Å². The van der Waals surface area contributed by atoms with Crippen LogP contribution < -0.4 is 9.62 Å². The van der Waals surface area contributed by atoms with E-state index in [1.165, 1.54) is 0 Å². The Kier molecular flexibility index (Phi) is 7.96. The highest BCUT2D eigenvalue weighted by Crippen LogP contribution is 2.43. The summed E-state index contributed by atoms with van der Waals surface area (Å²) < 4.78 is 32.2. The maximum atomic E-state index is 13.1. The quantitative estimate of drug-likeness (QED) is 0.356. The summed E-state index contributed by atoms with van der Waals surface area (Å²) in [5.74, 6) is -0.274. The summed E-state index contributed by atoms with van der Waals surface area (Å²) >= 11 is 0. The van der Waals surface area contributed by atoms with Crippen LogP contribution in [0.1, 0.15) is 60.6 Å². The number of benzene rings is 1. The highest BCUT2D eigenvalue weighted by molar-refractivity contribution is 7.90. The van der Waals surface area contributed by atoms with Gasteiger partial charge in [-0.05, 0) is 55.7 Å². The molecule has 0 unspecified atom stereocenters. The van der Waals surface area contributed by atoms with Crippen LogP contribution in [0.4, 0.5) is 5.69 Å². The number of aromatic amines is 1. The Bertz CT molecular complexity index is 1390. The fraction of sp³-hybridized carbons (Fsp3) is 0.519. The fourth-order valence-electron chi connectivity index (χ4n) is 5.41. The number of aliphatic hydroxyl groups excluding tert-OH is 1. The smallest absolute Gasteiger partial charge is 0.283 e. The Balaban J connectivity index is 1.56. The highest BCUT2D eigenvalue weighted by atomic mass is 32.2. The van der Waals surface area contributed by atoms with Gasteiger partial charge in [0.1, 0.15) is 5.69 Å². The Morgan fingerprint density at radius 3 is 2.63 bits per heavy atom. The minimum Gasteiger partial charge on any atom is -0.396 e. The van der Waals surface area contributed by atoms with Gasteiger partial charge in [0.05, 0.1) is 16.8 Å². The minimum atomic E-state index is -3.90. The molecule has 1 aromatic carbocycles. The summed E-state index contributed by atoms with van der Waals surface area (Å²) in [6, 6.07) is 9.82. The number of carbonyl (C=O) groups excluding carboxylic acids is 1. The monoisotopic (exact) mass is 541 g/mol. The second-order valence-electron chi connectivity index (χ2n) is 10.2. The van der Waals surface area contributed by atoms with Crippen molar-refractivity contribution < 1.29 is 23.1 Å². The van der Waals surface area contributed by atoms with Gasteiger partial charge in [-0.3, -0.25) is 9.89 Å². The molecule has 2 aromatic heterocycles. The molecule has 0 bridgehead atoms. The molecule has 5 rings (SSSR count). The van der Waals surface area contributed by atoms with Crippen LogP contribution in [0.5, 0.6) is 0 Å². The van der Waals surface area contributed by atoms with Crippen LogP contribution in [0, 0.1) is 5.92 Å². The van der Waals surface area contributed by atoms with Crippen LogP contribution >= 0.6 is 0 Å². The van der Waals surface area contributed by atoms with Gasteiger partial charge in [-0.25, -0.2) is 18.1 Å². The zero-order chi connectivity index (χ0) is 26.7. The largest absolute Gasteiger partial charge is 0.396 e. The molecule has 0 spiro atoms. The van der Waals surface area contributed by atoms with Gasteiger partial charge in [0.15, 0.2) is 5.65 Å². The lowest BCUT2D eigenvalue weighted by Crippen LogP contribution is -2.35. The summed E-state index contributed by atoms with van der Waals surface area (Å²) in [5.41, 5.74) is 4.26. The molecule has 1 saturated carbocycles. The topological polar surface area (TPSA) is 138 Å². The third-order valence-electron chi connectivity index (χ3n) is 7.65. The second-order valence-corrected chi connectivity index (χ2v) is 12.1. The number of para-hydroxylation sites is 1. The molecular weight excluding hydrogens is 506 g/mol. The number of H-pyrrole nitrogens is 1. The molecule has 1 aliphatic heterocycles. The van der Waals surface area contributed by atoms with Crippen LogP contribution in [0.2, 0.25) is 0 Å². The number of piperidine rings is 1. The van der Waals surface area contributed by atoms with Crippen LogP contribution in [-0.4, -0.2) is 73.8 Å². The van der Waals surface area contributed by atoms with Crippen LogP contribution in [0.3, 0.4) is 0 Å². The van der Waals surface area contributed by atoms with Crippen molar-refractivity contribution in [3.8, 4) is 11.1 Å². The van der Waals surface area contributed by atoms with E-state index in [0.717, 1.165) is 79.7 Å². The van der Waals surface area contributed by atoms with Crippen LogP contribution in [-0.2, 0) is 14.8 Å². The molecule has 204 valence electrons. The van der Waals surface area contributed by atoms with Gasteiger partial charge in [0, 0.05) is 50.6 Å². The fourth-order valence-corrected chi connectivity index (χ4v) is 6.41. The molecule has 1 saturated heterocycles. The molecule has 0 atom stereocenters. The summed E-state index contributed by atoms with van der Waals surface area (Å²) in [4.78, 5) is 19.9. The van der Waals surface area contributed by atoms with Crippen molar-refractivity contribution in [3.05, 3.63) is 41.7 Å². The van der Waals surface area contributed by atoms with E-state index in [1.807, 2.05) is 18.2 Å². The maximum absolute atomic E-state index is 13.1. The number of hydrogen-bond acceptors (Lipinski definition) is 8. The molecule has 3 heterocycles. The first kappa shape index (κ1) is 26.6. The first-order valence-corrected chi connectivity index (χ1v) is 14.9. The molecule has 11 heteroatoms. The lowest BCUT2D eigenvalue weighted by Gasteiger charge is -2.34. The van der Waals surface area contributed by atoms with Crippen molar-refractivity contribution in [2.24, 2.45) is 5.92 Å². The first-order chi connectivity index (χ1) is 18.4. The maximum Gasteiger partial charge on any atom is 0.283 e. The van der Waals surface area contributed by atoms with Crippen molar-refractivity contribution in [1.29, 1.82) is 0 Å². The zero-order valence-corrected chi connectivity index (χ0v) is 22.5. The molecule has 1 aliphatic carbocycles. The van der Waals surface area contributed by atoms with Crippen LogP contribution in [0.25, 0.3) is 22.2 Å². The van der Waals surface area contributed by atoms with Crippen molar-refractivity contribution in [2.45, 2.75) is 44.4 Å². The normalized spacial score (nSPS) is 17.1. The Morgan fingerprint density at radius 2 is 1.95 bits per heavy atom. The van der Waals surface area contributed by atoms with E-state index in [9.17, 15) is 13.2 Å². The van der Waals surface area contributed by atoms with Gasteiger partial charge < -0.3 is 14.7 Å². The zero-order valence-electron chi connectivity index (χ0n) is 21.6. The van der Waals surface area contributed by atoms with Crippen molar-refractivity contribution in [1.82, 2.24) is 19.9 Å². The summed E-state index contributed by atoms with van der Waals surface area (Å²) in [6.07, 6.45) is 5.37. The minimum absolute atomic E-state index is 0.00233. The molecule has 2 aliphatic rings. The van der Waals surface area contributed by atoms with E-state index in [-0.39, 0.29) is 24.5 Å². The number of methoxy groups -OCH3 is 1. The lowest BCUT2D eigenvalue weighted by atomic mass is 9.81. The van der Waals surface area contributed by atoms with Crippen LogP contribution in [0.15, 0.2) is 30.3 Å². The summed E-state index contributed by atoms with van der Waals surface area (Å²) in [6.45, 7) is 2.29. The SMILES string of the molecule is COCC1CCN(c2ccccc2-c2cc(C(=O)NS(=O)(=O)CCCO)nc3[nH]nc(C4CCC4)c23)CC1. The molecule has 2 fully saturated rings. The number of pyridine rings is 1. The second kappa shape index (κ2) is 11.4. The Hall–Kier alpha value is -3.02. The predicted octanol–water partition coefficient (Wildman–Crippen LogP) is 3.20. The number of fused-ring (bicyclic) bond motifs is 1. The lowest BCUT2D eigenvalue weighted by molar-refractivity contribution is 0.0976. The molecule has 38 heavy (non-hydrogen) atoms. The number of anilines is 1. The predicted molar refractivity (Wildman–Crippen MR) is 146 cm³/mol. The number of hydrogen-bond donors (Lipinski definition) is 3. The van der Waals surface area contributed by atoms with E-state index in [1.54, 1.807) is 13.2 Å². The number of rotatable bonds is 10. The number of aromatic nitrogens is 3. The van der Waals surface area contributed by atoms with Gasteiger partial charge in [-0.15, -0.1) is 0 Å². The third-order valence-corrected chi connectivity index (χ3v) is 8.98. The van der Waals surface area contributed by atoms with E-state index in [2.05, 4.69) is 30.9 Å². The number of ether oxygens (including phenoxy) is 1. The number of nitrogens with zero attached hydrogens (tertiary/aromatic N) is 3. The van der Waals surface area contributed by atoms with Gasteiger partial charge in [-0.1, -0.05) is 24.6 Å². The summed E-state index contributed by atoms with van der Waals surface area (Å²) in [7, 11) is -2.16. The van der Waals surface area contributed by atoms with Gasteiger partial charge in [0.2, 0.25) is 10.0 Å². The average Bonchev–Trinajstić information content (AvgIpc) is 3.30. The molecule has 1 amide bonds. The van der Waals surface area contributed by atoms with Crippen molar-refractivity contribution in [2.75, 3.05) is 44.1 Å². The number of sulfonamides is 1. The molecule has 0 radical (unpaired) electrons. The van der Waals surface area contributed by atoms with Crippen molar-refractivity contribution in [3.63, 3.8) is 0 Å².